The van der Waals surface area contributed by atoms with Crippen LogP contribution in [0, 0.1) is 0 Å². The highest BCUT2D eigenvalue weighted by Crippen LogP contribution is 2.26. The van der Waals surface area contributed by atoms with Crippen molar-refractivity contribution in [1.82, 2.24) is 10.6 Å². The van der Waals surface area contributed by atoms with E-state index in [0.29, 0.717) is 0 Å². The fourth-order valence-electron chi connectivity index (χ4n) is 2.60. The van der Waals surface area contributed by atoms with Crippen molar-refractivity contribution < 1.29 is 4.79 Å². The highest BCUT2D eigenvalue weighted by atomic mass is 16.1. The fourth-order valence-corrected chi connectivity index (χ4v) is 2.60. The second-order valence-corrected chi connectivity index (χ2v) is 6.74. The summed E-state index contributed by atoms with van der Waals surface area (Å²) < 4.78 is 0. The number of carbonyl (C=O) groups excluding carboxylic acids is 1. The third kappa shape index (κ3) is 3.16. The molecule has 3 heteroatoms. The van der Waals surface area contributed by atoms with E-state index in [1.54, 1.807) is 0 Å². The summed E-state index contributed by atoms with van der Waals surface area (Å²) in [7, 11) is 0. The summed E-state index contributed by atoms with van der Waals surface area (Å²) in [5, 5.41) is 6.48. The van der Waals surface area contributed by atoms with E-state index in [9.17, 15) is 4.79 Å². The topological polar surface area (TPSA) is 41.1 Å². The Labute approximate surface area is 115 Å². The van der Waals surface area contributed by atoms with Gasteiger partial charge in [0.05, 0.1) is 5.54 Å². The first-order chi connectivity index (χ1) is 8.82. The molecule has 0 bridgehead atoms. The quantitative estimate of drug-likeness (QED) is 0.857. The molecular weight excluding hydrogens is 236 g/mol. The van der Waals surface area contributed by atoms with Gasteiger partial charge in [0, 0.05) is 12.1 Å². The van der Waals surface area contributed by atoms with Crippen LogP contribution in [0.25, 0.3) is 0 Å². The SMILES string of the molecule is CC1(NC(=O)c2ccccc2C(C)(C)C)CCNC1. The van der Waals surface area contributed by atoms with Crippen molar-refractivity contribution in [2.45, 2.75) is 45.1 Å². The van der Waals surface area contributed by atoms with Gasteiger partial charge in [0.2, 0.25) is 0 Å². The molecule has 2 N–H and O–H groups in total. The number of hydrogen-bond donors (Lipinski definition) is 2. The number of carbonyl (C=O) groups is 1. The van der Waals surface area contributed by atoms with Crippen LogP contribution < -0.4 is 10.6 Å². The smallest absolute Gasteiger partial charge is 0.252 e. The molecule has 0 aromatic heterocycles. The molecular formula is C16H24N2O. The molecule has 1 aliphatic rings. The van der Waals surface area contributed by atoms with Crippen LogP contribution in [-0.2, 0) is 5.41 Å². The van der Waals surface area contributed by atoms with Crippen molar-refractivity contribution in [3.05, 3.63) is 35.4 Å². The Morgan fingerprint density at radius 2 is 2.00 bits per heavy atom. The summed E-state index contributed by atoms with van der Waals surface area (Å²) >= 11 is 0. The monoisotopic (exact) mass is 260 g/mol. The molecule has 1 heterocycles. The van der Waals surface area contributed by atoms with Gasteiger partial charge in [0.1, 0.15) is 0 Å². The minimum Gasteiger partial charge on any atom is -0.346 e. The number of hydrogen-bond acceptors (Lipinski definition) is 2. The molecule has 0 radical (unpaired) electrons. The first-order valence-corrected chi connectivity index (χ1v) is 6.95. The molecule has 19 heavy (non-hydrogen) atoms. The Hall–Kier alpha value is -1.35. The zero-order valence-corrected chi connectivity index (χ0v) is 12.3. The second kappa shape index (κ2) is 4.97. The minimum atomic E-state index is -0.123. The van der Waals surface area contributed by atoms with Crippen molar-refractivity contribution in [2.75, 3.05) is 13.1 Å². The summed E-state index contributed by atoms with van der Waals surface area (Å²) in [6.07, 6.45) is 0.983. The second-order valence-electron chi connectivity index (χ2n) is 6.74. The van der Waals surface area contributed by atoms with E-state index in [1.807, 2.05) is 24.3 Å². The minimum absolute atomic E-state index is 0.0250. The van der Waals surface area contributed by atoms with Gasteiger partial charge < -0.3 is 10.6 Å². The zero-order valence-electron chi connectivity index (χ0n) is 12.3. The van der Waals surface area contributed by atoms with Gasteiger partial charge in [0.25, 0.3) is 5.91 Å². The predicted molar refractivity (Wildman–Crippen MR) is 78.5 cm³/mol. The van der Waals surface area contributed by atoms with Crippen molar-refractivity contribution in [2.24, 2.45) is 0 Å². The van der Waals surface area contributed by atoms with Gasteiger partial charge in [-0.3, -0.25) is 4.79 Å². The molecule has 1 aromatic rings. The lowest BCUT2D eigenvalue weighted by Crippen LogP contribution is -2.47. The molecule has 2 rings (SSSR count). The van der Waals surface area contributed by atoms with E-state index in [-0.39, 0.29) is 16.9 Å². The number of amides is 1. The van der Waals surface area contributed by atoms with Crippen LogP contribution in [0.3, 0.4) is 0 Å². The van der Waals surface area contributed by atoms with E-state index in [0.717, 1.165) is 30.6 Å². The molecule has 1 amide bonds. The highest BCUT2D eigenvalue weighted by Gasteiger charge is 2.31. The molecule has 1 fully saturated rings. The van der Waals surface area contributed by atoms with Gasteiger partial charge in [-0.1, -0.05) is 39.0 Å². The highest BCUT2D eigenvalue weighted by molar-refractivity contribution is 5.96. The van der Waals surface area contributed by atoms with E-state index in [1.165, 1.54) is 0 Å². The summed E-state index contributed by atoms with van der Waals surface area (Å²) in [5.74, 6) is 0.0386. The van der Waals surface area contributed by atoms with Gasteiger partial charge in [-0.2, -0.15) is 0 Å². The van der Waals surface area contributed by atoms with Gasteiger partial charge in [-0.15, -0.1) is 0 Å². The lowest BCUT2D eigenvalue weighted by atomic mass is 9.83. The van der Waals surface area contributed by atoms with E-state index < -0.39 is 0 Å². The van der Waals surface area contributed by atoms with Crippen LogP contribution >= 0.6 is 0 Å². The Bertz CT molecular complexity index is 468. The van der Waals surface area contributed by atoms with Gasteiger partial charge in [-0.05, 0) is 36.9 Å². The number of benzene rings is 1. The summed E-state index contributed by atoms with van der Waals surface area (Å²) in [6, 6.07) is 7.89. The zero-order chi connectivity index (χ0) is 14.1. The summed E-state index contributed by atoms with van der Waals surface area (Å²) in [4.78, 5) is 12.5. The Kier molecular flexibility index (Phi) is 3.68. The Morgan fingerprint density at radius 1 is 1.32 bits per heavy atom. The normalized spacial score (nSPS) is 23.4. The maximum atomic E-state index is 12.5. The molecule has 0 aliphatic carbocycles. The standard InChI is InChI=1S/C16H24N2O/c1-15(2,3)13-8-6-5-7-12(13)14(19)18-16(4)9-10-17-11-16/h5-8,17H,9-11H2,1-4H3,(H,18,19). The van der Waals surface area contributed by atoms with Crippen molar-refractivity contribution in [3.8, 4) is 0 Å². The Morgan fingerprint density at radius 3 is 2.58 bits per heavy atom. The molecule has 0 saturated carbocycles. The first kappa shape index (κ1) is 14.1. The maximum absolute atomic E-state index is 12.5. The molecule has 1 unspecified atom stereocenters. The van der Waals surface area contributed by atoms with Crippen LogP contribution in [0.1, 0.15) is 50.0 Å². The average Bonchev–Trinajstić information content (AvgIpc) is 2.74. The first-order valence-electron chi connectivity index (χ1n) is 6.95. The van der Waals surface area contributed by atoms with Crippen LogP contribution in [0.4, 0.5) is 0 Å². The maximum Gasteiger partial charge on any atom is 0.252 e. The van der Waals surface area contributed by atoms with Crippen LogP contribution in [0.2, 0.25) is 0 Å². The van der Waals surface area contributed by atoms with Crippen LogP contribution in [0.5, 0.6) is 0 Å². The van der Waals surface area contributed by atoms with E-state index >= 15 is 0 Å². The van der Waals surface area contributed by atoms with E-state index in [4.69, 9.17) is 0 Å². The van der Waals surface area contributed by atoms with Crippen LogP contribution in [-0.4, -0.2) is 24.5 Å². The molecule has 1 atom stereocenters. The number of nitrogens with one attached hydrogen (secondary N) is 2. The average molecular weight is 260 g/mol. The predicted octanol–water partition coefficient (Wildman–Crippen LogP) is 2.47. The molecule has 1 aliphatic heterocycles. The fraction of sp³-hybridized carbons (Fsp3) is 0.562. The Balaban J connectivity index is 2.24. The van der Waals surface area contributed by atoms with Crippen LogP contribution in [0.15, 0.2) is 24.3 Å². The summed E-state index contributed by atoms with van der Waals surface area (Å²) in [5.41, 5.74) is 1.75. The van der Waals surface area contributed by atoms with Crippen molar-refractivity contribution >= 4 is 5.91 Å². The van der Waals surface area contributed by atoms with Gasteiger partial charge in [0.15, 0.2) is 0 Å². The van der Waals surface area contributed by atoms with Gasteiger partial charge in [-0.25, -0.2) is 0 Å². The molecule has 0 spiro atoms. The third-order valence-corrected chi connectivity index (χ3v) is 3.76. The third-order valence-electron chi connectivity index (χ3n) is 3.76. The molecule has 3 nitrogen and oxygen atoms in total. The van der Waals surface area contributed by atoms with Crippen molar-refractivity contribution in [1.29, 1.82) is 0 Å². The van der Waals surface area contributed by atoms with E-state index in [2.05, 4.69) is 38.3 Å². The lowest BCUT2D eigenvalue weighted by molar-refractivity contribution is 0.0911. The number of rotatable bonds is 2. The molecule has 1 saturated heterocycles. The lowest BCUT2D eigenvalue weighted by Gasteiger charge is -2.27. The summed E-state index contributed by atoms with van der Waals surface area (Å²) in [6.45, 7) is 10.3. The van der Waals surface area contributed by atoms with Crippen molar-refractivity contribution in [3.63, 3.8) is 0 Å². The molecule has 104 valence electrons. The molecule has 1 aromatic carbocycles. The van der Waals surface area contributed by atoms with Gasteiger partial charge >= 0.3 is 0 Å². The largest absolute Gasteiger partial charge is 0.346 e.